The molecule has 1 amide bonds. The first kappa shape index (κ1) is 19.5. The molecule has 1 aromatic carbocycles. The summed E-state index contributed by atoms with van der Waals surface area (Å²) in [5.74, 6) is 1.25. The maximum Gasteiger partial charge on any atom is 0.256 e. The largest absolute Gasteiger partial charge is 0.494 e. The van der Waals surface area contributed by atoms with Crippen LogP contribution in [0, 0.1) is 13.8 Å². The summed E-state index contributed by atoms with van der Waals surface area (Å²) < 4.78 is 5.77. The Morgan fingerprint density at radius 1 is 1.04 bits per heavy atom. The number of rotatable bonds is 7. The van der Waals surface area contributed by atoms with E-state index >= 15 is 0 Å². The van der Waals surface area contributed by atoms with Crippen LogP contribution in [0.2, 0.25) is 0 Å². The summed E-state index contributed by atoms with van der Waals surface area (Å²) in [6.07, 6.45) is 5.51. The molecule has 0 N–H and O–H groups in total. The van der Waals surface area contributed by atoms with E-state index in [4.69, 9.17) is 4.74 Å². The van der Waals surface area contributed by atoms with Gasteiger partial charge >= 0.3 is 0 Å². The second kappa shape index (κ2) is 9.08. The first-order valence-electron chi connectivity index (χ1n) is 9.23. The molecule has 0 spiro atoms. The monoisotopic (exact) mass is 376 g/mol. The fraction of sp³-hybridized carbons (Fsp3) is 0.273. The summed E-state index contributed by atoms with van der Waals surface area (Å²) in [5.41, 5.74) is 3.59. The number of aryl methyl sites for hydroxylation is 2. The molecule has 0 aliphatic carbocycles. The van der Waals surface area contributed by atoms with Crippen molar-refractivity contribution in [3.05, 3.63) is 71.7 Å². The number of nitrogens with zero attached hydrogens (tertiary/aromatic N) is 4. The highest BCUT2D eigenvalue weighted by atomic mass is 16.5. The van der Waals surface area contributed by atoms with Gasteiger partial charge in [0, 0.05) is 32.2 Å². The highest BCUT2D eigenvalue weighted by molar-refractivity contribution is 5.93. The lowest BCUT2D eigenvalue weighted by Crippen LogP contribution is -2.29. The molecule has 0 aliphatic heterocycles. The van der Waals surface area contributed by atoms with Gasteiger partial charge in [-0.3, -0.25) is 9.78 Å². The molecule has 0 saturated carbocycles. The molecule has 0 fully saturated rings. The van der Waals surface area contributed by atoms with Gasteiger partial charge in [-0.25, -0.2) is 9.97 Å². The molecule has 2 aromatic heterocycles. The summed E-state index contributed by atoms with van der Waals surface area (Å²) in [6.45, 7) is 5.28. The van der Waals surface area contributed by atoms with Crippen molar-refractivity contribution in [2.75, 3.05) is 20.2 Å². The van der Waals surface area contributed by atoms with Crippen LogP contribution in [0.5, 0.6) is 5.75 Å². The SMILES string of the molecule is Cc1ccc(OCCCN(C)C(=O)c2cnc(-c3ccccn3)nc2)cc1C. The van der Waals surface area contributed by atoms with Crippen molar-refractivity contribution in [2.24, 2.45) is 0 Å². The number of amides is 1. The van der Waals surface area contributed by atoms with Gasteiger partial charge in [0.2, 0.25) is 0 Å². The van der Waals surface area contributed by atoms with Crippen molar-refractivity contribution in [3.8, 4) is 17.3 Å². The average Bonchev–Trinajstić information content (AvgIpc) is 2.73. The third kappa shape index (κ3) is 4.91. The summed E-state index contributed by atoms with van der Waals surface area (Å²) >= 11 is 0. The van der Waals surface area contributed by atoms with E-state index in [2.05, 4.69) is 34.9 Å². The molecule has 28 heavy (non-hydrogen) atoms. The molecule has 144 valence electrons. The van der Waals surface area contributed by atoms with Crippen LogP contribution in [0.15, 0.2) is 55.0 Å². The molecule has 0 unspecified atom stereocenters. The molecule has 6 nitrogen and oxygen atoms in total. The topological polar surface area (TPSA) is 68.2 Å². The number of pyridine rings is 1. The van der Waals surface area contributed by atoms with Crippen LogP contribution in [0.25, 0.3) is 11.5 Å². The lowest BCUT2D eigenvalue weighted by Gasteiger charge is -2.17. The summed E-state index contributed by atoms with van der Waals surface area (Å²) in [7, 11) is 1.77. The molecule has 0 aliphatic rings. The predicted octanol–water partition coefficient (Wildman–Crippen LogP) is 3.70. The van der Waals surface area contributed by atoms with Crippen molar-refractivity contribution in [2.45, 2.75) is 20.3 Å². The van der Waals surface area contributed by atoms with Gasteiger partial charge in [-0.05, 0) is 55.7 Å². The van der Waals surface area contributed by atoms with Crippen LogP contribution in [0.4, 0.5) is 0 Å². The number of carbonyl (C=O) groups excluding carboxylic acids is 1. The summed E-state index contributed by atoms with van der Waals surface area (Å²) in [5, 5.41) is 0. The lowest BCUT2D eigenvalue weighted by molar-refractivity contribution is 0.0787. The second-order valence-corrected chi connectivity index (χ2v) is 6.69. The van der Waals surface area contributed by atoms with E-state index in [9.17, 15) is 4.79 Å². The molecule has 0 atom stereocenters. The van der Waals surface area contributed by atoms with Gasteiger partial charge in [0.15, 0.2) is 5.82 Å². The maximum absolute atomic E-state index is 12.5. The van der Waals surface area contributed by atoms with Crippen LogP contribution in [-0.2, 0) is 0 Å². The van der Waals surface area contributed by atoms with Gasteiger partial charge in [0.1, 0.15) is 11.4 Å². The van der Waals surface area contributed by atoms with E-state index in [-0.39, 0.29) is 5.91 Å². The fourth-order valence-corrected chi connectivity index (χ4v) is 2.68. The van der Waals surface area contributed by atoms with E-state index in [0.717, 1.165) is 12.2 Å². The molecular formula is C22H24N4O2. The maximum atomic E-state index is 12.5. The van der Waals surface area contributed by atoms with Gasteiger partial charge in [-0.15, -0.1) is 0 Å². The van der Waals surface area contributed by atoms with Crippen molar-refractivity contribution in [1.82, 2.24) is 19.9 Å². The van der Waals surface area contributed by atoms with Gasteiger partial charge in [-0.2, -0.15) is 0 Å². The first-order chi connectivity index (χ1) is 13.5. The quantitative estimate of drug-likeness (QED) is 0.588. The number of aromatic nitrogens is 3. The van der Waals surface area contributed by atoms with Gasteiger partial charge in [0.05, 0.1) is 12.2 Å². The van der Waals surface area contributed by atoms with Crippen LogP contribution in [0.1, 0.15) is 27.9 Å². The van der Waals surface area contributed by atoms with Crippen LogP contribution < -0.4 is 4.74 Å². The Morgan fingerprint density at radius 3 is 2.50 bits per heavy atom. The Morgan fingerprint density at radius 2 is 1.82 bits per heavy atom. The Hall–Kier alpha value is -3.28. The third-order valence-electron chi connectivity index (χ3n) is 4.52. The van der Waals surface area contributed by atoms with E-state index in [0.29, 0.717) is 30.2 Å². The lowest BCUT2D eigenvalue weighted by atomic mass is 10.1. The zero-order chi connectivity index (χ0) is 19.9. The minimum absolute atomic E-state index is 0.112. The number of ether oxygens (including phenoxy) is 1. The van der Waals surface area contributed by atoms with Gasteiger partial charge in [0.25, 0.3) is 5.91 Å². The predicted molar refractivity (Wildman–Crippen MR) is 108 cm³/mol. The molecule has 2 heterocycles. The Balaban J connectivity index is 1.49. The highest BCUT2D eigenvalue weighted by Gasteiger charge is 2.13. The second-order valence-electron chi connectivity index (χ2n) is 6.69. The molecule has 0 saturated heterocycles. The highest BCUT2D eigenvalue weighted by Crippen LogP contribution is 2.16. The molecule has 6 heteroatoms. The number of benzene rings is 1. The molecule has 3 rings (SSSR count). The normalized spacial score (nSPS) is 10.5. The Labute approximate surface area is 165 Å². The smallest absolute Gasteiger partial charge is 0.256 e. The number of hydrogen-bond donors (Lipinski definition) is 0. The molecular weight excluding hydrogens is 352 g/mol. The van der Waals surface area contributed by atoms with Crippen LogP contribution in [0.3, 0.4) is 0 Å². The van der Waals surface area contributed by atoms with E-state index in [1.54, 1.807) is 30.5 Å². The number of hydrogen-bond acceptors (Lipinski definition) is 5. The van der Waals surface area contributed by atoms with Gasteiger partial charge in [-0.1, -0.05) is 12.1 Å². The van der Waals surface area contributed by atoms with Crippen molar-refractivity contribution in [1.29, 1.82) is 0 Å². The summed E-state index contributed by atoms with van der Waals surface area (Å²) in [6, 6.07) is 11.6. The standard InChI is InChI=1S/C22H24N4O2/c1-16-8-9-19(13-17(16)2)28-12-6-11-26(3)22(27)18-14-24-21(25-15-18)20-7-4-5-10-23-20/h4-5,7-10,13-15H,6,11-12H2,1-3H3. The average molecular weight is 376 g/mol. The minimum Gasteiger partial charge on any atom is -0.494 e. The Bertz CT molecular complexity index is 927. The van der Waals surface area contributed by atoms with E-state index in [1.807, 2.05) is 30.3 Å². The molecule has 0 bridgehead atoms. The van der Waals surface area contributed by atoms with Gasteiger partial charge < -0.3 is 9.64 Å². The Kier molecular flexibility index (Phi) is 6.32. The minimum atomic E-state index is -0.112. The van der Waals surface area contributed by atoms with Crippen LogP contribution in [-0.4, -0.2) is 46.0 Å². The van der Waals surface area contributed by atoms with E-state index < -0.39 is 0 Å². The summed E-state index contributed by atoms with van der Waals surface area (Å²) in [4.78, 5) is 26.9. The fourth-order valence-electron chi connectivity index (χ4n) is 2.68. The zero-order valence-corrected chi connectivity index (χ0v) is 16.4. The van der Waals surface area contributed by atoms with Crippen LogP contribution >= 0.6 is 0 Å². The number of carbonyl (C=O) groups is 1. The van der Waals surface area contributed by atoms with E-state index in [1.165, 1.54) is 11.1 Å². The van der Waals surface area contributed by atoms with Crippen molar-refractivity contribution < 1.29 is 9.53 Å². The van der Waals surface area contributed by atoms with Crippen molar-refractivity contribution in [3.63, 3.8) is 0 Å². The van der Waals surface area contributed by atoms with Crippen molar-refractivity contribution >= 4 is 5.91 Å². The molecule has 0 radical (unpaired) electrons. The first-order valence-corrected chi connectivity index (χ1v) is 9.23. The molecule has 3 aromatic rings. The zero-order valence-electron chi connectivity index (χ0n) is 16.4. The third-order valence-corrected chi connectivity index (χ3v) is 4.52.